The summed E-state index contributed by atoms with van der Waals surface area (Å²) in [5.74, 6) is 0. The van der Waals surface area contributed by atoms with E-state index in [-0.39, 0.29) is 12.4 Å². The SMILES string of the molecule is CC(C)(C)OC(=O)NCC=CCN.Cl. The maximum absolute atomic E-state index is 11.0. The Balaban J connectivity index is 0. The maximum Gasteiger partial charge on any atom is 0.407 e. The van der Waals surface area contributed by atoms with Gasteiger partial charge in [0.1, 0.15) is 5.60 Å². The second-order valence-corrected chi connectivity index (χ2v) is 3.59. The number of carbonyl (C=O) groups is 1. The molecular weight excluding hydrogens is 204 g/mol. The minimum absolute atomic E-state index is 0. The molecule has 0 heterocycles. The van der Waals surface area contributed by atoms with Gasteiger partial charge in [-0.05, 0) is 20.8 Å². The highest BCUT2D eigenvalue weighted by Crippen LogP contribution is 2.05. The number of halogens is 1. The molecule has 14 heavy (non-hydrogen) atoms. The van der Waals surface area contributed by atoms with E-state index >= 15 is 0 Å². The van der Waals surface area contributed by atoms with E-state index in [2.05, 4.69) is 5.32 Å². The van der Waals surface area contributed by atoms with Crippen LogP contribution in [0.3, 0.4) is 0 Å². The van der Waals surface area contributed by atoms with Crippen LogP contribution < -0.4 is 11.1 Å². The fourth-order valence-corrected chi connectivity index (χ4v) is 0.636. The number of rotatable bonds is 3. The molecule has 0 aliphatic heterocycles. The number of hydrogen-bond acceptors (Lipinski definition) is 3. The molecular formula is C9H19ClN2O2. The van der Waals surface area contributed by atoms with Crippen LogP contribution in [0.4, 0.5) is 4.79 Å². The summed E-state index contributed by atoms with van der Waals surface area (Å²) in [4.78, 5) is 11.0. The average molecular weight is 223 g/mol. The first kappa shape index (κ1) is 15.7. The molecule has 0 atom stereocenters. The minimum atomic E-state index is -0.443. The van der Waals surface area contributed by atoms with Crippen molar-refractivity contribution in [3.05, 3.63) is 12.2 Å². The van der Waals surface area contributed by atoms with E-state index in [0.717, 1.165) is 0 Å². The lowest BCUT2D eigenvalue weighted by molar-refractivity contribution is 0.0534. The minimum Gasteiger partial charge on any atom is -0.444 e. The maximum atomic E-state index is 11.0. The first-order valence-electron chi connectivity index (χ1n) is 4.27. The lowest BCUT2D eigenvalue weighted by atomic mass is 10.2. The molecule has 0 aromatic rings. The highest BCUT2D eigenvalue weighted by molar-refractivity contribution is 5.85. The van der Waals surface area contributed by atoms with Crippen LogP contribution in [0.15, 0.2) is 12.2 Å². The van der Waals surface area contributed by atoms with Gasteiger partial charge < -0.3 is 15.8 Å². The molecule has 3 N–H and O–H groups in total. The second-order valence-electron chi connectivity index (χ2n) is 3.59. The van der Waals surface area contributed by atoms with Crippen molar-refractivity contribution in [2.24, 2.45) is 5.73 Å². The number of amides is 1. The molecule has 0 saturated carbocycles. The van der Waals surface area contributed by atoms with Crippen LogP contribution in [-0.4, -0.2) is 24.8 Å². The summed E-state index contributed by atoms with van der Waals surface area (Å²) in [6.45, 7) is 6.40. The lowest BCUT2D eigenvalue weighted by Gasteiger charge is -2.19. The third-order valence-corrected chi connectivity index (χ3v) is 1.07. The van der Waals surface area contributed by atoms with Gasteiger partial charge in [-0.2, -0.15) is 0 Å². The van der Waals surface area contributed by atoms with E-state index in [0.29, 0.717) is 13.1 Å². The van der Waals surface area contributed by atoms with Gasteiger partial charge in [-0.25, -0.2) is 4.79 Å². The Kier molecular flexibility index (Phi) is 8.58. The fraction of sp³-hybridized carbons (Fsp3) is 0.667. The number of nitrogens with one attached hydrogen (secondary N) is 1. The highest BCUT2D eigenvalue weighted by Gasteiger charge is 2.14. The Morgan fingerprint density at radius 1 is 1.43 bits per heavy atom. The smallest absolute Gasteiger partial charge is 0.407 e. The van der Waals surface area contributed by atoms with Gasteiger partial charge in [0.25, 0.3) is 0 Å². The predicted octanol–water partition coefficient (Wildman–Crippen LogP) is 1.45. The van der Waals surface area contributed by atoms with Gasteiger partial charge in [0, 0.05) is 13.1 Å². The van der Waals surface area contributed by atoms with Crippen molar-refractivity contribution in [1.82, 2.24) is 5.32 Å². The van der Waals surface area contributed by atoms with Gasteiger partial charge in [0.15, 0.2) is 0 Å². The number of alkyl carbamates (subject to hydrolysis) is 1. The molecule has 0 saturated heterocycles. The Bertz CT molecular complexity index is 188. The molecule has 0 radical (unpaired) electrons. The van der Waals surface area contributed by atoms with Crippen molar-refractivity contribution < 1.29 is 9.53 Å². The number of carbonyl (C=O) groups excluding carboxylic acids is 1. The van der Waals surface area contributed by atoms with Crippen molar-refractivity contribution in [3.63, 3.8) is 0 Å². The second kappa shape index (κ2) is 7.64. The third-order valence-electron chi connectivity index (χ3n) is 1.07. The molecule has 4 nitrogen and oxygen atoms in total. The predicted molar refractivity (Wildman–Crippen MR) is 59.7 cm³/mol. The Hall–Kier alpha value is -0.740. The molecule has 0 unspecified atom stereocenters. The molecule has 0 spiro atoms. The summed E-state index contributed by atoms with van der Waals surface area (Å²) in [7, 11) is 0. The first-order valence-corrected chi connectivity index (χ1v) is 4.27. The van der Waals surface area contributed by atoms with Crippen molar-refractivity contribution in [2.45, 2.75) is 26.4 Å². The monoisotopic (exact) mass is 222 g/mol. The Morgan fingerprint density at radius 2 is 2.00 bits per heavy atom. The molecule has 0 fully saturated rings. The van der Waals surface area contributed by atoms with E-state index in [1.807, 2.05) is 20.8 Å². The van der Waals surface area contributed by atoms with Gasteiger partial charge in [-0.15, -0.1) is 12.4 Å². The summed E-state index contributed by atoms with van der Waals surface area (Å²) in [5, 5.41) is 2.57. The van der Waals surface area contributed by atoms with Crippen LogP contribution in [0.1, 0.15) is 20.8 Å². The zero-order chi connectivity index (χ0) is 10.3. The molecule has 0 aliphatic rings. The fourth-order valence-electron chi connectivity index (χ4n) is 0.636. The van der Waals surface area contributed by atoms with E-state index in [4.69, 9.17) is 10.5 Å². The largest absolute Gasteiger partial charge is 0.444 e. The Morgan fingerprint density at radius 3 is 2.43 bits per heavy atom. The van der Waals surface area contributed by atoms with E-state index in [9.17, 15) is 4.79 Å². The van der Waals surface area contributed by atoms with Gasteiger partial charge >= 0.3 is 6.09 Å². The first-order chi connectivity index (χ1) is 5.95. The van der Waals surface area contributed by atoms with E-state index < -0.39 is 11.7 Å². The summed E-state index contributed by atoms with van der Waals surface area (Å²) >= 11 is 0. The number of hydrogen-bond donors (Lipinski definition) is 2. The van der Waals surface area contributed by atoms with Crippen molar-refractivity contribution >= 4 is 18.5 Å². The summed E-state index contributed by atoms with van der Waals surface area (Å²) < 4.78 is 5.00. The lowest BCUT2D eigenvalue weighted by Crippen LogP contribution is -2.32. The summed E-state index contributed by atoms with van der Waals surface area (Å²) in [5.41, 5.74) is 4.77. The van der Waals surface area contributed by atoms with Crippen LogP contribution in [0.5, 0.6) is 0 Å². The van der Waals surface area contributed by atoms with Crippen LogP contribution in [0.25, 0.3) is 0 Å². The van der Waals surface area contributed by atoms with Gasteiger partial charge in [0.2, 0.25) is 0 Å². The molecule has 5 heteroatoms. The quantitative estimate of drug-likeness (QED) is 0.711. The van der Waals surface area contributed by atoms with Crippen LogP contribution in [0.2, 0.25) is 0 Å². The standard InChI is InChI=1S/C9H18N2O2.ClH/c1-9(2,3)13-8(12)11-7-5-4-6-10;/h4-5H,6-7,10H2,1-3H3,(H,11,12);1H. The van der Waals surface area contributed by atoms with Gasteiger partial charge in [0.05, 0.1) is 0 Å². The third kappa shape index (κ3) is 11.3. The molecule has 0 aromatic carbocycles. The summed E-state index contributed by atoms with van der Waals surface area (Å²) in [6.07, 6.45) is 3.15. The Labute approximate surface area is 91.3 Å². The molecule has 0 aliphatic carbocycles. The normalized spacial score (nSPS) is 10.9. The zero-order valence-electron chi connectivity index (χ0n) is 8.87. The molecule has 0 aromatic heterocycles. The van der Waals surface area contributed by atoms with Crippen LogP contribution in [0, 0.1) is 0 Å². The zero-order valence-corrected chi connectivity index (χ0v) is 9.69. The average Bonchev–Trinajstić information content (AvgIpc) is 1.94. The highest BCUT2D eigenvalue weighted by atomic mass is 35.5. The van der Waals surface area contributed by atoms with Crippen molar-refractivity contribution in [1.29, 1.82) is 0 Å². The summed E-state index contributed by atoms with van der Waals surface area (Å²) in [6, 6.07) is 0. The molecule has 0 rings (SSSR count). The molecule has 0 bridgehead atoms. The van der Waals surface area contributed by atoms with Crippen molar-refractivity contribution in [2.75, 3.05) is 13.1 Å². The topological polar surface area (TPSA) is 64.3 Å². The van der Waals surface area contributed by atoms with E-state index in [1.165, 1.54) is 0 Å². The number of nitrogens with two attached hydrogens (primary N) is 1. The van der Waals surface area contributed by atoms with Crippen LogP contribution >= 0.6 is 12.4 Å². The van der Waals surface area contributed by atoms with E-state index in [1.54, 1.807) is 12.2 Å². The molecule has 1 amide bonds. The number of ether oxygens (including phenoxy) is 1. The molecule has 84 valence electrons. The van der Waals surface area contributed by atoms with Gasteiger partial charge in [-0.1, -0.05) is 12.2 Å². The van der Waals surface area contributed by atoms with Crippen molar-refractivity contribution in [3.8, 4) is 0 Å². The van der Waals surface area contributed by atoms with Crippen LogP contribution in [-0.2, 0) is 4.74 Å². The van der Waals surface area contributed by atoms with Gasteiger partial charge in [-0.3, -0.25) is 0 Å².